The van der Waals surface area contributed by atoms with Gasteiger partial charge in [0.25, 0.3) is 0 Å². The second-order valence-electron chi connectivity index (χ2n) is 6.54. The SMILES string of the molecule is O=C(CCc1cnccn1)N1CCN(Cc2ccc3c(c2)OCO3)CC1. The van der Waals surface area contributed by atoms with Gasteiger partial charge in [0, 0.05) is 57.7 Å². The van der Waals surface area contributed by atoms with Gasteiger partial charge in [0.05, 0.1) is 5.69 Å². The second kappa shape index (κ2) is 7.70. The number of aryl methyl sites for hydroxylation is 1. The number of fused-ring (bicyclic) bond motifs is 1. The molecule has 1 aromatic heterocycles. The summed E-state index contributed by atoms with van der Waals surface area (Å²) in [4.78, 5) is 25.0. The molecule has 1 saturated heterocycles. The summed E-state index contributed by atoms with van der Waals surface area (Å²) in [5.41, 5.74) is 2.07. The summed E-state index contributed by atoms with van der Waals surface area (Å²) in [6.07, 6.45) is 6.15. The highest BCUT2D eigenvalue weighted by Gasteiger charge is 2.22. The molecule has 2 aromatic rings. The molecule has 2 aliphatic rings. The Morgan fingerprint density at radius 2 is 1.92 bits per heavy atom. The molecule has 3 heterocycles. The zero-order valence-electron chi connectivity index (χ0n) is 14.6. The van der Waals surface area contributed by atoms with Crippen molar-refractivity contribution in [2.24, 2.45) is 0 Å². The van der Waals surface area contributed by atoms with E-state index in [2.05, 4.69) is 20.9 Å². The van der Waals surface area contributed by atoms with Gasteiger partial charge in [-0.3, -0.25) is 19.7 Å². The van der Waals surface area contributed by atoms with Gasteiger partial charge >= 0.3 is 0 Å². The van der Waals surface area contributed by atoms with Crippen molar-refractivity contribution in [2.45, 2.75) is 19.4 Å². The van der Waals surface area contributed by atoms with E-state index in [-0.39, 0.29) is 5.91 Å². The number of ether oxygens (including phenoxy) is 2. The smallest absolute Gasteiger partial charge is 0.231 e. The van der Waals surface area contributed by atoms with Gasteiger partial charge in [0.15, 0.2) is 11.5 Å². The van der Waals surface area contributed by atoms with Gasteiger partial charge in [0.2, 0.25) is 12.7 Å². The van der Waals surface area contributed by atoms with E-state index in [0.29, 0.717) is 19.6 Å². The highest BCUT2D eigenvalue weighted by Crippen LogP contribution is 2.32. The monoisotopic (exact) mass is 354 g/mol. The minimum Gasteiger partial charge on any atom is -0.454 e. The summed E-state index contributed by atoms with van der Waals surface area (Å²) in [6.45, 7) is 4.46. The molecule has 0 unspecified atom stereocenters. The van der Waals surface area contributed by atoms with Crippen molar-refractivity contribution in [3.63, 3.8) is 0 Å². The van der Waals surface area contributed by atoms with Crippen LogP contribution in [0.15, 0.2) is 36.8 Å². The Morgan fingerprint density at radius 1 is 1.08 bits per heavy atom. The fourth-order valence-electron chi connectivity index (χ4n) is 3.31. The molecule has 0 N–H and O–H groups in total. The average Bonchev–Trinajstić information content (AvgIpc) is 3.15. The zero-order valence-corrected chi connectivity index (χ0v) is 14.6. The van der Waals surface area contributed by atoms with Crippen LogP contribution >= 0.6 is 0 Å². The molecule has 0 atom stereocenters. The highest BCUT2D eigenvalue weighted by atomic mass is 16.7. The molecule has 136 valence electrons. The third kappa shape index (κ3) is 3.94. The predicted octanol–water partition coefficient (Wildman–Crippen LogP) is 1.48. The number of benzene rings is 1. The van der Waals surface area contributed by atoms with Crippen LogP contribution in [0, 0.1) is 0 Å². The average molecular weight is 354 g/mol. The third-order valence-corrected chi connectivity index (χ3v) is 4.78. The first-order valence-electron chi connectivity index (χ1n) is 8.91. The normalized spacial score (nSPS) is 16.7. The molecule has 0 radical (unpaired) electrons. The van der Waals surface area contributed by atoms with Crippen LogP contribution in [-0.2, 0) is 17.8 Å². The van der Waals surface area contributed by atoms with E-state index < -0.39 is 0 Å². The first kappa shape index (κ1) is 16.8. The number of carbonyl (C=O) groups is 1. The Bertz CT molecular complexity index is 761. The van der Waals surface area contributed by atoms with E-state index in [4.69, 9.17) is 9.47 Å². The number of amides is 1. The predicted molar refractivity (Wildman–Crippen MR) is 94.8 cm³/mol. The maximum absolute atomic E-state index is 12.4. The highest BCUT2D eigenvalue weighted by molar-refractivity contribution is 5.76. The number of hydrogen-bond donors (Lipinski definition) is 0. The van der Waals surface area contributed by atoms with Gasteiger partial charge in [-0.1, -0.05) is 6.07 Å². The first-order chi connectivity index (χ1) is 12.8. The van der Waals surface area contributed by atoms with Crippen LogP contribution < -0.4 is 9.47 Å². The summed E-state index contributed by atoms with van der Waals surface area (Å²) in [7, 11) is 0. The Labute approximate surface area is 152 Å². The van der Waals surface area contributed by atoms with Crippen molar-refractivity contribution in [1.82, 2.24) is 19.8 Å². The fourth-order valence-corrected chi connectivity index (χ4v) is 3.31. The van der Waals surface area contributed by atoms with Crippen LogP contribution in [0.4, 0.5) is 0 Å². The molecular weight excluding hydrogens is 332 g/mol. The van der Waals surface area contributed by atoms with Gasteiger partial charge < -0.3 is 14.4 Å². The van der Waals surface area contributed by atoms with Crippen LogP contribution in [0.25, 0.3) is 0 Å². The fraction of sp³-hybridized carbons (Fsp3) is 0.421. The number of hydrogen-bond acceptors (Lipinski definition) is 6. The number of aromatic nitrogens is 2. The summed E-state index contributed by atoms with van der Waals surface area (Å²) >= 11 is 0. The van der Waals surface area contributed by atoms with Gasteiger partial charge in [-0.15, -0.1) is 0 Å². The zero-order chi connectivity index (χ0) is 17.8. The summed E-state index contributed by atoms with van der Waals surface area (Å²) < 4.78 is 10.8. The van der Waals surface area contributed by atoms with E-state index in [0.717, 1.165) is 49.9 Å². The molecule has 1 aromatic carbocycles. The molecule has 1 amide bonds. The van der Waals surface area contributed by atoms with E-state index in [1.54, 1.807) is 18.6 Å². The van der Waals surface area contributed by atoms with Crippen molar-refractivity contribution in [3.05, 3.63) is 48.0 Å². The molecule has 26 heavy (non-hydrogen) atoms. The summed E-state index contributed by atoms with van der Waals surface area (Å²) in [5, 5.41) is 0. The standard InChI is InChI=1S/C19H22N4O3/c24-19(4-2-16-12-20-5-6-21-16)23-9-7-22(8-10-23)13-15-1-3-17-18(11-15)26-14-25-17/h1,3,5-6,11-12H,2,4,7-10,13-14H2. The van der Waals surface area contributed by atoms with Crippen LogP contribution in [0.5, 0.6) is 11.5 Å². The molecule has 2 aliphatic heterocycles. The Morgan fingerprint density at radius 3 is 2.73 bits per heavy atom. The minimum absolute atomic E-state index is 0.193. The van der Waals surface area contributed by atoms with Crippen LogP contribution in [-0.4, -0.2) is 58.6 Å². The van der Waals surface area contributed by atoms with Gasteiger partial charge in [0.1, 0.15) is 0 Å². The van der Waals surface area contributed by atoms with Crippen molar-refractivity contribution >= 4 is 5.91 Å². The molecule has 0 bridgehead atoms. The lowest BCUT2D eigenvalue weighted by atomic mass is 10.1. The third-order valence-electron chi connectivity index (χ3n) is 4.78. The van der Waals surface area contributed by atoms with Crippen molar-refractivity contribution in [3.8, 4) is 11.5 Å². The lowest BCUT2D eigenvalue weighted by molar-refractivity contribution is -0.133. The Hall–Kier alpha value is -2.67. The van der Waals surface area contributed by atoms with Crippen molar-refractivity contribution < 1.29 is 14.3 Å². The molecule has 1 fully saturated rings. The molecular formula is C19H22N4O3. The quantitative estimate of drug-likeness (QED) is 0.810. The van der Waals surface area contributed by atoms with Crippen molar-refractivity contribution in [2.75, 3.05) is 33.0 Å². The van der Waals surface area contributed by atoms with E-state index in [1.165, 1.54) is 5.56 Å². The van der Waals surface area contributed by atoms with Gasteiger partial charge in [-0.2, -0.15) is 0 Å². The molecule has 0 saturated carbocycles. The van der Waals surface area contributed by atoms with E-state index >= 15 is 0 Å². The van der Waals surface area contributed by atoms with Crippen LogP contribution in [0.1, 0.15) is 17.7 Å². The lowest BCUT2D eigenvalue weighted by Gasteiger charge is -2.34. The van der Waals surface area contributed by atoms with Crippen molar-refractivity contribution in [1.29, 1.82) is 0 Å². The topological polar surface area (TPSA) is 67.8 Å². The maximum atomic E-state index is 12.4. The summed E-state index contributed by atoms with van der Waals surface area (Å²) in [5.74, 6) is 1.82. The molecule has 0 aliphatic carbocycles. The number of piperazine rings is 1. The second-order valence-corrected chi connectivity index (χ2v) is 6.54. The van der Waals surface area contributed by atoms with Crippen LogP contribution in [0.3, 0.4) is 0 Å². The summed E-state index contributed by atoms with van der Waals surface area (Å²) in [6, 6.07) is 6.08. The molecule has 7 heteroatoms. The van der Waals surface area contributed by atoms with Gasteiger partial charge in [-0.05, 0) is 24.1 Å². The van der Waals surface area contributed by atoms with E-state index in [9.17, 15) is 4.79 Å². The largest absolute Gasteiger partial charge is 0.454 e. The Kier molecular flexibility index (Phi) is 4.97. The number of rotatable bonds is 5. The van der Waals surface area contributed by atoms with Crippen LogP contribution in [0.2, 0.25) is 0 Å². The maximum Gasteiger partial charge on any atom is 0.231 e. The minimum atomic E-state index is 0.193. The molecule has 0 spiro atoms. The first-order valence-corrected chi connectivity index (χ1v) is 8.91. The molecule has 7 nitrogen and oxygen atoms in total. The van der Waals surface area contributed by atoms with E-state index in [1.807, 2.05) is 17.0 Å². The lowest BCUT2D eigenvalue weighted by Crippen LogP contribution is -2.48. The number of nitrogens with zero attached hydrogens (tertiary/aromatic N) is 4. The van der Waals surface area contributed by atoms with Gasteiger partial charge in [-0.25, -0.2) is 0 Å². The molecule has 4 rings (SSSR count). The Balaban J connectivity index is 1.24. The number of carbonyl (C=O) groups excluding carboxylic acids is 1.